The van der Waals surface area contributed by atoms with Crippen molar-refractivity contribution in [3.8, 4) is 6.07 Å². The smallest absolute Gasteiger partial charge is 0.214 e. The number of nitriles is 1. The second-order valence-electron chi connectivity index (χ2n) is 8.33. The molecular weight excluding hydrogens is 388 g/mol. The van der Waals surface area contributed by atoms with Crippen molar-refractivity contribution in [1.29, 1.82) is 5.26 Å². The van der Waals surface area contributed by atoms with Gasteiger partial charge in [-0.25, -0.2) is 22.7 Å². The second-order valence-corrected chi connectivity index (χ2v) is 10.3. The predicted octanol–water partition coefficient (Wildman–Crippen LogP) is 2.52. The number of sulfonamides is 1. The number of hydrogen-bond acceptors (Lipinski definition) is 6. The molecule has 0 unspecified atom stereocenters. The first-order valence-corrected chi connectivity index (χ1v) is 12.0. The van der Waals surface area contributed by atoms with Crippen LogP contribution in [0.2, 0.25) is 0 Å². The number of nitrogens with zero attached hydrogens (tertiary/aromatic N) is 5. The van der Waals surface area contributed by atoms with Gasteiger partial charge in [0.05, 0.1) is 23.1 Å². The summed E-state index contributed by atoms with van der Waals surface area (Å²) in [5.41, 5.74) is 0.832. The average molecular weight is 417 g/mol. The first kappa shape index (κ1) is 20.1. The van der Waals surface area contributed by atoms with Gasteiger partial charge in [-0.05, 0) is 50.5 Å². The first-order valence-electron chi connectivity index (χ1n) is 10.4. The molecule has 1 saturated heterocycles. The zero-order chi connectivity index (χ0) is 20.4. The van der Waals surface area contributed by atoms with Crippen molar-refractivity contribution in [3.05, 3.63) is 18.6 Å². The topological polar surface area (TPSA) is 106 Å². The molecule has 1 atom stereocenters. The van der Waals surface area contributed by atoms with Crippen LogP contribution in [0.15, 0.2) is 18.6 Å². The molecule has 1 aliphatic carbocycles. The van der Waals surface area contributed by atoms with Gasteiger partial charge in [-0.3, -0.25) is 0 Å². The van der Waals surface area contributed by atoms with Crippen LogP contribution in [-0.4, -0.2) is 59.6 Å². The molecule has 156 valence electrons. The summed E-state index contributed by atoms with van der Waals surface area (Å²) in [5, 5.41) is 10.1. The van der Waals surface area contributed by atoms with Gasteiger partial charge in [0.1, 0.15) is 17.8 Å². The summed E-state index contributed by atoms with van der Waals surface area (Å²) in [6.07, 6.45) is 8.72. The van der Waals surface area contributed by atoms with Gasteiger partial charge < -0.3 is 9.88 Å². The van der Waals surface area contributed by atoms with E-state index in [4.69, 9.17) is 5.26 Å². The van der Waals surface area contributed by atoms with Crippen molar-refractivity contribution in [3.63, 3.8) is 0 Å². The number of aromatic amines is 1. The van der Waals surface area contributed by atoms with Crippen LogP contribution in [0.3, 0.4) is 0 Å². The van der Waals surface area contributed by atoms with Crippen LogP contribution >= 0.6 is 0 Å². The average Bonchev–Trinajstić information content (AvgIpc) is 3.22. The molecule has 1 N–H and O–H groups in total. The zero-order valence-electron chi connectivity index (χ0n) is 16.8. The van der Waals surface area contributed by atoms with Crippen LogP contribution in [0.1, 0.15) is 38.5 Å². The number of H-pyrrole nitrogens is 1. The van der Waals surface area contributed by atoms with Gasteiger partial charge in [-0.15, -0.1) is 0 Å². The zero-order valence-corrected chi connectivity index (χ0v) is 17.6. The number of hydrogen-bond donors (Lipinski definition) is 1. The summed E-state index contributed by atoms with van der Waals surface area (Å²) in [6, 6.07) is 4.57. The van der Waals surface area contributed by atoms with Gasteiger partial charge in [0.25, 0.3) is 0 Å². The molecule has 2 fully saturated rings. The number of piperidine rings is 1. The van der Waals surface area contributed by atoms with E-state index < -0.39 is 10.0 Å². The molecule has 1 aliphatic heterocycles. The number of rotatable bonds is 5. The maximum absolute atomic E-state index is 12.9. The quantitative estimate of drug-likeness (QED) is 0.803. The highest BCUT2D eigenvalue weighted by atomic mass is 32.2. The molecule has 0 amide bonds. The molecule has 2 aromatic heterocycles. The standard InChI is InChI=1S/C20H28N6O2S/c1-25(20-18-8-9-22-19(18)23-14-24-20)17-6-4-15(5-7-17)13-29(27,28)26-10-2-3-16(11-21)12-26/h8-9,14-17H,2-7,10,12-13H2,1H3,(H,22,23,24)/t15?,16-,17?/m1/s1. The van der Waals surface area contributed by atoms with Crippen LogP contribution in [0, 0.1) is 23.2 Å². The Morgan fingerprint density at radius 1 is 1.28 bits per heavy atom. The van der Waals surface area contributed by atoms with Crippen LogP contribution < -0.4 is 4.90 Å². The summed E-state index contributed by atoms with van der Waals surface area (Å²) >= 11 is 0. The lowest BCUT2D eigenvalue weighted by Crippen LogP contribution is -2.43. The third-order valence-electron chi connectivity index (χ3n) is 6.44. The lowest BCUT2D eigenvalue weighted by Gasteiger charge is -2.36. The number of fused-ring (bicyclic) bond motifs is 1. The minimum absolute atomic E-state index is 0.166. The van der Waals surface area contributed by atoms with E-state index in [-0.39, 0.29) is 17.6 Å². The second kappa shape index (κ2) is 8.28. The minimum Gasteiger partial charge on any atom is -0.356 e. The van der Waals surface area contributed by atoms with E-state index in [0.29, 0.717) is 19.1 Å². The van der Waals surface area contributed by atoms with E-state index >= 15 is 0 Å². The fraction of sp³-hybridized carbons (Fsp3) is 0.650. The molecule has 3 heterocycles. The van der Waals surface area contributed by atoms with Gasteiger partial charge in [-0.1, -0.05) is 0 Å². The Bertz CT molecular complexity index is 990. The normalized spacial score (nSPS) is 26.3. The van der Waals surface area contributed by atoms with Crippen molar-refractivity contribution >= 4 is 26.9 Å². The Balaban J connectivity index is 1.36. The third kappa shape index (κ3) is 4.23. The fourth-order valence-corrected chi connectivity index (χ4v) is 6.67. The molecule has 1 saturated carbocycles. The van der Waals surface area contributed by atoms with Crippen LogP contribution in [-0.2, 0) is 10.0 Å². The van der Waals surface area contributed by atoms with Crippen LogP contribution in [0.4, 0.5) is 5.82 Å². The van der Waals surface area contributed by atoms with Gasteiger partial charge in [-0.2, -0.15) is 5.26 Å². The molecule has 8 nitrogen and oxygen atoms in total. The van der Waals surface area contributed by atoms with E-state index in [0.717, 1.165) is 55.4 Å². The number of anilines is 1. The van der Waals surface area contributed by atoms with Crippen molar-refractivity contribution in [2.45, 2.75) is 44.6 Å². The molecule has 9 heteroatoms. The van der Waals surface area contributed by atoms with Gasteiger partial charge in [0.2, 0.25) is 10.0 Å². The highest BCUT2D eigenvalue weighted by Gasteiger charge is 2.33. The van der Waals surface area contributed by atoms with Crippen molar-refractivity contribution < 1.29 is 8.42 Å². The monoisotopic (exact) mass is 416 g/mol. The van der Waals surface area contributed by atoms with E-state index in [1.54, 1.807) is 10.6 Å². The van der Waals surface area contributed by atoms with Crippen molar-refractivity contribution in [2.24, 2.45) is 11.8 Å². The maximum atomic E-state index is 12.9. The van der Waals surface area contributed by atoms with Crippen LogP contribution in [0.5, 0.6) is 0 Å². The molecule has 0 spiro atoms. The first-order chi connectivity index (χ1) is 14.0. The summed E-state index contributed by atoms with van der Waals surface area (Å²) in [7, 11) is -1.23. The molecule has 2 aromatic rings. The van der Waals surface area contributed by atoms with E-state index in [2.05, 4.69) is 33.0 Å². The molecule has 29 heavy (non-hydrogen) atoms. The molecule has 2 aliphatic rings. The minimum atomic E-state index is -3.29. The Kier molecular flexibility index (Phi) is 5.74. The van der Waals surface area contributed by atoms with Crippen LogP contribution in [0.25, 0.3) is 11.0 Å². The maximum Gasteiger partial charge on any atom is 0.214 e. The lowest BCUT2D eigenvalue weighted by molar-refractivity contribution is 0.295. The summed E-state index contributed by atoms with van der Waals surface area (Å²) in [6.45, 7) is 0.913. The molecular formula is C20H28N6O2S. The Hall–Kier alpha value is -2.18. The van der Waals surface area contributed by atoms with Gasteiger partial charge >= 0.3 is 0 Å². The highest BCUT2D eigenvalue weighted by molar-refractivity contribution is 7.89. The summed E-state index contributed by atoms with van der Waals surface area (Å²) in [5.74, 6) is 1.14. The number of aromatic nitrogens is 3. The largest absolute Gasteiger partial charge is 0.356 e. The van der Waals surface area contributed by atoms with Gasteiger partial charge in [0, 0.05) is 32.4 Å². The lowest BCUT2D eigenvalue weighted by atomic mass is 9.86. The van der Waals surface area contributed by atoms with E-state index in [9.17, 15) is 8.42 Å². The summed E-state index contributed by atoms with van der Waals surface area (Å²) < 4.78 is 27.3. The van der Waals surface area contributed by atoms with Gasteiger partial charge in [0.15, 0.2) is 0 Å². The third-order valence-corrected chi connectivity index (χ3v) is 8.45. The van der Waals surface area contributed by atoms with Crippen molar-refractivity contribution in [2.75, 3.05) is 30.8 Å². The molecule has 0 bridgehead atoms. The SMILES string of the molecule is CN(c1ncnc2[nH]ccc12)C1CCC(CS(=O)(=O)N2CCC[C@H](C#N)C2)CC1. The highest BCUT2D eigenvalue weighted by Crippen LogP contribution is 2.33. The van der Waals surface area contributed by atoms with E-state index in [1.165, 1.54) is 0 Å². The predicted molar refractivity (Wildman–Crippen MR) is 112 cm³/mol. The molecule has 0 aromatic carbocycles. The fourth-order valence-electron chi connectivity index (χ4n) is 4.72. The van der Waals surface area contributed by atoms with Crippen molar-refractivity contribution in [1.82, 2.24) is 19.3 Å². The Morgan fingerprint density at radius 2 is 2.07 bits per heavy atom. The van der Waals surface area contributed by atoms with E-state index in [1.807, 2.05) is 12.3 Å². The summed E-state index contributed by atoms with van der Waals surface area (Å²) in [4.78, 5) is 14.1. The number of nitrogens with one attached hydrogen (secondary N) is 1. The Morgan fingerprint density at radius 3 is 2.83 bits per heavy atom. The molecule has 0 radical (unpaired) electrons. The Labute approximate surface area is 172 Å². The molecule has 4 rings (SSSR count).